The molecule has 3 aromatic carbocycles. The molecule has 4 nitrogen and oxygen atoms in total. The van der Waals surface area contributed by atoms with Crippen molar-refractivity contribution in [2.75, 3.05) is 20.2 Å². The van der Waals surface area contributed by atoms with Crippen molar-refractivity contribution >= 4 is 5.78 Å². The molecule has 3 aromatic rings. The summed E-state index contributed by atoms with van der Waals surface area (Å²) in [6.45, 7) is 3.57. The molecule has 1 saturated heterocycles. The maximum absolute atomic E-state index is 13.2. The number of methoxy groups -OCH3 is 1. The number of carbonyl (C=O) groups is 1. The molecule has 0 unspecified atom stereocenters. The number of allylic oxidation sites excluding steroid dienone is 2. The Morgan fingerprint density at radius 2 is 1.59 bits per heavy atom. The van der Waals surface area contributed by atoms with Gasteiger partial charge in [-0.1, -0.05) is 66.7 Å². The Kier molecular flexibility index (Phi) is 6.77. The maximum atomic E-state index is 13.2. The summed E-state index contributed by atoms with van der Waals surface area (Å²) in [5.74, 6) is 1.89. The van der Waals surface area contributed by atoms with E-state index in [9.17, 15) is 4.79 Å². The number of fused-ring (bicyclic) bond motifs is 1. The summed E-state index contributed by atoms with van der Waals surface area (Å²) in [6, 6.07) is 24.5. The highest BCUT2D eigenvalue weighted by Gasteiger charge is 2.29. The van der Waals surface area contributed by atoms with Gasteiger partial charge in [0.05, 0.1) is 7.11 Å². The molecule has 174 valence electrons. The van der Waals surface area contributed by atoms with E-state index >= 15 is 0 Å². The maximum Gasteiger partial charge on any atom is 0.189 e. The highest BCUT2D eigenvalue weighted by atomic mass is 16.5. The Balaban J connectivity index is 1.24. The van der Waals surface area contributed by atoms with E-state index in [2.05, 4.69) is 41.3 Å². The van der Waals surface area contributed by atoms with Crippen LogP contribution in [0.2, 0.25) is 0 Å². The summed E-state index contributed by atoms with van der Waals surface area (Å²) in [4.78, 5) is 15.7. The van der Waals surface area contributed by atoms with Gasteiger partial charge in [0.25, 0.3) is 0 Å². The van der Waals surface area contributed by atoms with Crippen molar-refractivity contribution < 1.29 is 14.3 Å². The van der Waals surface area contributed by atoms with Crippen LogP contribution in [-0.2, 0) is 19.6 Å². The standard InChI is InChI=1S/C30H31NO3/c1-33-28-18-25-17-26(16-22-12-14-31(15-13-22)20-23-8-4-2-5-9-23)30(32)27(25)19-29(28)34-21-24-10-6-3-7-11-24/h2-11,16,18-19,22H,12-15,17,20-21H2,1H3/b26-16+. The van der Waals surface area contributed by atoms with Crippen LogP contribution in [0.3, 0.4) is 0 Å². The van der Waals surface area contributed by atoms with Gasteiger partial charge >= 0.3 is 0 Å². The van der Waals surface area contributed by atoms with E-state index in [1.54, 1.807) is 7.11 Å². The molecule has 0 radical (unpaired) electrons. The Labute approximate surface area is 201 Å². The largest absolute Gasteiger partial charge is 0.493 e. The van der Waals surface area contributed by atoms with Crippen molar-refractivity contribution in [3.63, 3.8) is 0 Å². The number of hydrogen-bond donors (Lipinski definition) is 0. The third-order valence-corrected chi connectivity index (χ3v) is 6.86. The number of nitrogens with zero attached hydrogens (tertiary/aromatic N) is 1. The van der Waals surface area contributed by atoms with E-state index < -0.39 is 0 Å². The number of Topliss-reactive ketones (excluding diaryl/α,β-unsaturated/α-hetero) is 1. The minimum absolute atomic E-state index is 0.133. The molecule has 0 saturated carbocycles. The van der Waals surface area contributed by atoms with Crippen LogP contribution >= 0.6 is 0 Å². The van der Waals surface area contributed by atoms with Crippen molar-refractivity contribution in [2.45, 2.75) is 32.4 Å². The molecule has 0 bridgehead atoms. The van der Waals surface area contributed by atoms with E-state index in [0.717, 1.165) is 54.7 Å². The number of carbonyl (C=O) groups excluding carboxylic acids is 1. The first kappa shape index (κ1) is 22.4. The molecule has 4 heteroatoms. The van der Waals surface area contributed by atoms with Crippen LogP contribution in [0, 0.1) is 5.92 Å². The van der Waals surface area contributed by atoms with Gasteiger partial charge in [0, 0.05) is 24.1 Å². The Bertz CT molecular complexity index is 1160. The Morgan fingerprint density at radius 1 is 0.912 bits per heavy atom. The lowest BCUT2D eigenvalue weighted by Gasteiger charge is -2.30. The van der Waals surface area contributed by atoms with Crippen molar-refractivity contribution in [2.24, 2.45) is 5.92 Å². The van der Waals surface area contributed by atoms with Crippen LogP contribution in [0.15, 0.2) is 84.4 Å². The number of hydrogen-bond acceptors (Lipinski definition) is 4. The smallest absolute Gasteiger partial charge is 0.189 e. The van der Waals surface area contributed by atoms with Crippen LogP contribution in [0.5, 0.6) is 11.5 Å². The van der Waals surface area contributed by atoms with Crippen molar-refractivity contribution in [1.82, 2.24) is 4.90 Å². The van der Waals surface area contributed by atoms with Gasteiger partial charge in [-0.2, -0.15) is 0 Å². The molecule has 1 aliphatic carbocycles. The predicted octanol–water partition coefficient (Wildman–Crippen LogP) is 5.85. The summed E-state index contributed by atoms with van der Waals surface area (Å²) in [6.07, 6.45) is 5.09. The van der Waals surface area contributed by atoms with Crippen LogP contribution in [-0.4, -0.2) is 30.9 Å². The Morgan fingerprint density at radius 3 is 2.26 bits per heavy atom. The molecule has 0 amide bonds. The molecule has 5 rings (SSSR count). The van der Waals surface area contributed by atoms with E-state index in [-0.39, 0.29) is 5.78 Å². The van der Waals surface area contributed by atoms with Gasteiger partial charge in [0.2, 0.25) is 0 Å². The summed E-state index contributed by atoms with van der Waals surface area (Å²) < 4.78 is 11.6. The monoisotopic (exact) mass is 453 g/mol. The molecule has 2 aliphatic rings. The second-order valence-electron chi connectivity index (χ2n) is 9.23. The number of piperidine rings is 1. The molecule has 0 atom stereocenters. The molecule has 0 spiro atoms. The fourth-order valence-corrected chi connectivity index (χ4v) is 4.96. The number of benzene rings is 3. The first-order chi connectivity index (χ1) is 16.7. The molecule has 1 heterocycles. The fraction of sp³-hybridized carbons (Fsp3) is 0.300. The van der Waals surface area contributed by atoms with Crippen molar-refractivity contribution in [3.05, 3.63) is 107 Å². The fourth-order valence-electron chi connectivity index (χ4n) is 4.96. The second-order valence-corrected chi connectivity index (χ2v) is 9.23. The number of likely N-dealkylation sites (tertiary alicyclic amines) is 1. The Hall–Kier alpha value is -3.37. The average molecular weight is 454 g/mol. The molecule has 1 aliphatic heterocycles. The zero-order valence-electron chi connectivity index (χ0n) is 19.7. The van der Waals surface area contributed by atoms with Crippen molar-refractivity contribution in [3.8, 4) is 11.5 Å². The second kappa shape index (κ2) is 10.3. The SMILES string of the molecule is COc1cc2c(cc1OCc1ccccc1)C(=O)/C(=C/C1CCN(Cc3ccccc3)CC1)C2. The number of ether oxygens (including phenoxy) is 2. The minimum atomic E-state index is 0.133. The van der Waals surface area contributed by atoms with E-state index in [4.69, 9.17) is 9.47 Å². The first-order valence-electron chi connectivity index (χ1n) is 12.1. The van der Waals surface area contributed by atoms with Gasteiger partial charge in [0.1, 0.15) is 6.61 Å². The average Bonchev–Trinajstić information content (AvgIpc) is 3.18. The topological polar surface area (TPSA) is 38.8 Å². The lowest BCUT2D eigenvalue weighted by Crippen LogP contribution is -2.32. The summed E-state index contributed by atoms with van der Waals surface area (Å²) in [5, 5.41) is 0. The van der Waals surface area contributed by atoms with E-state index in [1.165, 1.54) is 5.56 Å². The van der Waals surface area contributed by atoms with Gasteiger partial charge < -0.3 is 9.47 Å². The molecule has 0 aromatic heterocycles. The normalized spacial score (nSPS) is 17.7. The minimum Gasteiger partial charge on any atom is -0.493 e. The van der Waals surface area contributed by atoms with Crippen LogP contribution < -0.4 is 9.47 Å². The predicted molar refractivity (Wildman–Crippen MR) is 134 cm³/mol. The zero-order chi connectivity index (χ0) is 23.3. The molecule has 1 fully saturated rings. The summed E-state index contributed by atoms with van der Waals surface area (Å²) in [7, 11) is 1.65. The lowest BCUT2D eigenvalue weighted by atomic mass is 9.93. The van der Waals surface area contributed by atoms with Gasteiger partial charge in [-0.05, 0) is 60.7 Å². The van der Waals surface area contributed by atoms with Crippen LogP contribution in [0.25, 0.3) is 0 Å². The summed E-state index contributed by atoms with van der Waals surface area (Å²) in [5.41, 5.74) is 5.13. The molecule has 0 N–H and O–H groups in total. The quantitative estimate of drug-likeness (QED) is 0.421. The van der Waals surface area contributed by atoms with E-state index in [0.29, 0.717) is 30.4 Å². The highest BCUT2D eigenvalue weighted by Crippen LogP contribution is 2.38. The highest BCUT2D eigenvalue weighted by molar-refractivity contribution is 6.13. The van der Waals surface area contributed by atoms with Crippen molar-refractivity contribution in [1.29, 1.82) is 0 Å². The third kappa shape index (κ3) is 5.07. The number of ketones is 1. The van der Waals surface area contributed by atoms with Gasteiger partial charge in [-0.3, -0.25) is 9.69 Å². The van der Waals surface area contributed by atoms with Crippen LogP contribution in [0.4, 0.5) is 0 Å². The zero-order valence-corrected chi connectivity index (χ0v) is 19.7. The van der Waals surface area contributed by atoms with Gasteiger partial charge in [-0.25, -0.2) is 0 Å². The third-order valence-electron chi connectivity index (χ3n) is 6.86. The molecule has 34 heavy (non-hydrogen) atoms. The lowest BCUT2D eigenvalue weighted by molar-refractivity contribution is 0.103. The van der Waals surface area contributed by atoms with Crippen LogP contribution in [0.1, 0.15) is 39.9 Å². The van der Waals surface area contributed by atoms with E-state index in [1.807, 2.05) is 42.5 Å². The summed E-state index contributed by atoms with van der Waals surface area (Å²) >= 11 is 0. The molecular weight excluding hydrogens is 422 g/mol. The molecular formula is C30H31NO3. The first-order valence-corrected chi connectivity index (χ1v) is 12.1. The van der Waals surface area contributed by atoms with Gasteiger partial charge in [0.15, 0.2) is 17.3 Å². The number of rotatable bonds is 7. The van der Waals surface area contributed by atoms with Gasteiger partial charge in [-0.15, -0.1) is 0 Å².